The third-order valence-electron chi connectivity index (χ3n) is 7.53. The SMILES string of the molecule is CCn1c(N2CCCC(N)C2)nc2c1c(=O)n(CC1=Nc3ccccc3Cc3ccccc31)c(=O)n2C. The molecule has 1 fully saturated rings. The number of imidazole rings is 1. The smallest absolute Gasteiger partial charge is 0.332 e. The quantitative estimate of drug-likeness (QED) is 0.467. The summed E-state index contributed by atoms with van der Waals surface area (Å²) in [5, 5.41) is 0. The van der Waals surface area contributed by atoms with Gasteiger partial charge in [-0.3, -0.25) is 18.9 Å². The highest BCUT2D eigenvalue weighted by atomic mass is 16.2. The number of aromatic nitrogens is 4. The van der Waals surface area contributed by atoms with E-state index in [2.05, 4.69) is 17.0 Å². The van der Waals surface area contributed by atoms with Crippen molar-refractivity contribution in [2.45, 2.75) is 45.3 Å². The lowest BCUT2D eigenvalue weighted by atomic mass is 9.98. The van der Waals surface area contributed by atoms with Gasteiger partial charge in [-0.05, 0) is 37.0 Å². The van der Waals surface area contributed by atoms with Crippen LogP contribution in [0.2, 0.25) is 0 Å². The predicted octanol–water partition coefficient (Wildman–Crippen LogP) is 2.57. The third kappa shape index (κ3) is 3.90. The van der Waals surface area contributed by atoms with Crippen LogP contribution in [0, 0.1) is 0 Å². The van der Waals surface area contributed by atoms with Crippen LogP contribution in [0.4, 0.5) is 11.6 Å². The van der Waals surface area contributed by atoms with Gasteiger partial charge in [-0.15, -0.1) is 0 Å². The number of rotatable bonds is 4. The molecule has 9 heteroatoms. The molecule has 0 radical (unpaired) electrons. The normalized spacial score (nSPS) is 17.3. The number of aryl methyl sites for hydroxylation is 2. The summed E-state index contributed by atoms with van der Waals surface area (Å²) < 4.78 is 4.70. The molecule has 4 aromatic rings. The Labute approximate surface area is 214 Å². The zero-order chi connectivity index (χ0) is 25.7. The van der Waals surface area contributed by atoms with E-state index in [0.717, 1.165) is 48.2 Å². The molecule has 2 aromatic heterocycles. The number of para-hydroxylation sites is 1. The van der Waals surface area contributed by atoms with Gasteiger partial charge >= 0.3 is 5.69 Å². The van der Waals surface area contributed by atoms with Crippen molar-refractivity contribution in [3.63, 3.8) is 0 Å². The van der Waals surface area contributed by atoms with Crippen LogP contribution in [0.15, 0.2) is 63.1 Å². The number of piperidine rings is 1. The summed E-state index contributed by atoms with van der Waals surface area (Å²) in [6.07, 6.45) is 2.69. The van der Waals surface area contributed by atoms with Gasteiger partial charge in [-0.25, -0.2) is 4.79 Å². The summed E-state index contributed by atoms with van der Waals surface area (Å²) in [4.78, 5) is 39.4. The highest BCUT2D eigenvalue weighted by Gasteiger charge is 2.26. The zero-order valence-corrected chi connectivity index (χ0v) is 21.2. The molecule has 2 aromatic carbocycles. The maximum atomic E-state index is 13.9. The van der Waals surface area contributed by atoms with E-state index in [4.69, 9.17) is 15.7 Å². The topological polar surface area (TPSA) is 103 Å². The highest BCUT2D eigenvalue weighted by Crippen LogP contribution is 2.29. The molecule has 0 bridgehead atoms. The second-order valence-electron chi connectivity index (χ2n) is 9.93. The first kappa shape index (κ1) is 23.4. The average Bonchev–Trinajstić information content (AvgIpc) is 3.23. The molecule has 37 heavy (non-hydrogen) atoms. The summed E-state index contributed by atoms with van der Waals surface area (Å²) in [5.74, 6) is 0.698. The number of benzene rings is 2. The van der Waals surface area contributed by atoms with Crippen molar-refractivity contribution >= 4 is 28.5 Å². The van der Waals surface area contributed by atoms with E-state index in [-0.39, 0.29) is 18.1 Å². The lowest BCUT2D eigenvalue weighted by Crippen LogP contribution is -2.44. The third-order valence-corrected chi connectivity index (χ3v) is 7.53. The molecule has 0 aliphatic carbocycles. The van der Waals surface area contributed by atoms with Gasteiger partial charge in [0.2, 0.25) is 5.95 Å². The van der Waals surface area contributed by atoms with Crippen LogP contribution in [0.5, 0.6) is 0 Å². The molecule has 0 amide bonds. The van der Waals surface area contributed by atoms with E-state index in [0.29, 0.717) is 35.9 Å². The molecule has 6 rings (SSSR count). The van der Waals surface area contributed by atoms with E-state index < -0.39 is 5.69 Å². The Kier molecular flexibility index (Phi) is 5.79. The van der Waals surface area contributed by atoms with Crippen molar-refractivity contribution < 1.29 is 0 Å². The summed E-state index contributed by atoms with van der Waals surface area (Å²) in [6, 6.07) is 16.2. The van der Waals surface area contributed by atoms with E-state index in [1.165, 1.54) is 9.13 Å². The minimum atomic E-state index is -0.405. The lowest BCUT2D eigenvalue weighted by molar-refractivity contribution is 0.494. The van der Waals surface area contributed by atoms with Crippen molar-refractivity contribution in [2.75, 3.05) is 18.0 Å². The van der Waals surface area contributed by atoms with Gasteiger partial charge in [-0.1, -0.05) is 42.5 Å². The van der Waals surface area contributed by atoms with Crippen LogP contribution in [0.3, 0.4) is 0 Å². The van der Waals surface area contributed by atoms with Gasteiger partial charge in [0.25, 0.3) is 5.56 Å². The standard InChI is InChI=1S/C28H31N7O2/c1-3-34-24-25(31-27(34)33-14-8-11-20(29)16-33)32(2)28(37)35(26(24)36)17-23-21-12-6-4-9-18(21)15-19-10-5-7-13-22(19)30-23/h4-7,9-10,12-13,20H,3,8,11,14-17,29H2,1-2H3. The largest absolute Gasteiger partial charge is 0.341 e. The molecule has 4 heterocycles. The maximum Gasteiger partial charge on any atom is 0.332 e. The Morgan fingerprint density at radius 1 is 1.03 bits per heavy atom. The fourth-order valence-corrected chi connectivity index (χ4v) is 5.64. The highest BCUT2D eigenvalue weighted by molar-refractivity contribution is 6.04. The van der Waals surface area contributed by atoms with Crippen molar-refractivity contribution in [1.82, 2.24) is 18.7 Å². The monoisotopic (exact) mass is 497 g/mol. The number of anilines is 1. The molecule has 0 saturated carbocycles. The number of nitrogens with zero attached hydrogens (tertiary/aromatic N) is 6. The number of fused-ring (bicyclic) bond motifs is 3. The molecule has 0 spiro atoms. The first-order valence-corrected chi connectivity index (χ1v) is 12.9. The van der Waals surface area contributed by atoms with Crippen LogP contribution in [0.25, 0.3) is 11.2 Å². The number of hydrogen-bond acceptors (Lipinski definition) is 6. The molecular formula is C28H31N7O2. The molecule has 190 valence electrons. The number of aliphatic imine (C=N–C) groups is 1. The Hall–Kier alpha value is -3.98. The second kappa shape index (κ2) is 9.15. The fraction of sp³-hybridized carbons (Fsp3) is 0.357. The van der Waals surface area contributed by atoms with Gasteiger partial charge < -0.3 is 15.2 Å². The molecular weight excluding hydrogens is 466 g/mol. The maximum absolute atomic E-state index is 13.9. The van der Waals surface area contributed by atoms with E-state index in [9.17, 15) is 9.59 Å². The van der Waals surface area contributed by atoms with E-state index in [1.54, 1.807) is 7.05 Å². The van der Waals surface area contributed by atoms with Gasteiger partial charge in [0.15, 0.2) is 11.2 Å². The minimum Gasteiger partial charge on any atom is -0.341 e. The molecule has 2 aliphatic rings. The molecule has 1 saturated heterocycles. The Morgan fingerprint density at radius 2 is 1.78 bits per heavy atom. The average molecular weight is 498 g/mol. The second-order valence-corrected chi connectivity index (χ2v) is 9.93. The van der Waals surface area contributed by atoms with E-state index >= 15 is 0 Å². The van der Waals surface area contributed by atoms with Crippen molar-refractivity contribution in [2.24, 2.45) is 17.8 Å². The van der Waals surface area contributed by atoms with Crippen LogP contribution >= 0.6 is 0 Å². The van der Waals surface area contributed by atoms with Crippen LogP contribution in [-0.2, 0) is 26.6 Å². The summed E-state index contributed by atoms with van der Waals surface area (Å²) in [6.45, 7) is 4.13. The minimum absolute atomic E-state index is 0.0653. The summed E-state index contributed by atoms with van der Waals surface area (Å²) >= 11 is 0. The molecule has 1 unspecified atom stereocenters. The van der Waals surface area contributed by atoms with Gasteiger partial charge in [0, 0.05) is 44.7 Å². The first-order valence-electron chi connectivity index (χ1n) is 12.9. The lowest BCUT2D eigenvalue weighted by Gasteiger charge is -2.31. The number of hydrogen-bond donors (Lipinski definition) is 1. The van der Waals surface area contributed by atoms with Crippen LogP contribution in [-0.4, -0.2) is 43.5 Å². The van der Waals surface area contributed by atoms with Gasteiger partial charge in [0.1, 0.15) is 0 Å². The number of nitrogens with two attached hydrogens (primary N) is 1. The Morgan fingerprint density at radius 3 is 2.57 bits per heavy atom. The fourth-order valence-electron chi connectivity index (χ4n) is 5.64. The summed E-state index contributed by atoms with van der Waals surface area (Å²) in [7, 11) is 1.68. The van der Waals surface area contributed by atoms with Crippen LogP contribution < -0.4 is 21.9 Å². The van der Waals surface area contributed by atoms with E-state index in [1.807, 2.05) is 47.9 Å². The zero-order valence-electron chi connectivity index (χ0n) is 21.2. The molecule has 1 atom stereocenters. The molecule has 2 aliphatic heterocycles. The van der Waals surface area contributed by atoms with Crippen molar-refractivity contribution in [3.8, 4) is 0 Å². The molecule has 2 N–H and O–H groups in total. The summed E-state index contributed by atoms with van der Waals surface area (Å²) in [5.41, 5.74) is 11.1. The van der Waals surface area contributed by atoms with Crippen molar-refractivity contribution in [1.29, 1.82) is 0 Å². The van der Waals surface area contributed by atoms with Crippen molar-refractivity contribution in [3.05, 3.63) is 86.1 Å². The molecule has 9 nitrogen and oxygen atoms in total. The Bertz CT molecular complexity index is 1660. The first-order chi connectivity index (χ1) is 18.0. The van der Waals surface area contributed by atoms with Gasteiger partial charge in [-0.2, -0.15) is 4.98 Å². The van der Waals surface area contributed by atoms with Crippen LogP contribution in [0.1, 0.15) is 36.5 Å². The predicted molar refractivity (Wildman–Crippen MR) is 146 cm³/mol. The Balaban J connectivity index is 1.52. The van der Waals surface area contributed by atoms with Gasteiger partial charge in [0.05, 0.1) is 17.9 Å².